The molecular formula is C13H11Cl2N3O. The van der Waals surface area contributed by atoms with Gasteiger partial charge in [-0.3, -0.25) is 4.79 Å². The molecule has 0 atom stereocenters. The Labute approximate surface area is 120 Å². The summed E-state index contributed by atoms with van der Waals surface area (Å²) in [6, 6.07) is 8.29. The van der Waals surface area contributed by atoms with E-state index in [-0.39, 0.29) is 5.91 Å². The molecule has 0 radical (unpaired) electrons. The molecule has 1 aromatic heterocycles. The molecule has 2 N–H and O–H groups in total. The largest absolute Gasteiger partial charge is 0.373 e. The van der Waals surface area contributed by atoms with E-state index < -0.39 is 0 Å². The highest BCUT2D eigenvalue weighted by Gasteiger charge is 2.11. The van der Waals surface area contributed by atoms with Gasteiger partial charge in [-0.2, -0.15) is 0 Å². The van der Waals surface area contributed by atoms with Crippen LogP contribution < -0.4 is 10.6 Å². The molecule has 0 fully saturated rings. The molecule has 0 aliphatic heterocycles. The van der Waals surface area contributed by atoms with E-state index in [1.54, 1.807) is 43.6 Å². The second-order valence-corrected chi connectivity index (χ2v) is 4.54. The van der Waals surface area contributed by atoms with Gasteiger partial charge in [0.2, 0.25) is 0 Å². The number of pyridine rings is 1. The van der Waals surface area contributed by atoms with E-state index in [1.807, 2.05) is 0 Å². The molecule has 0 aliphatic carbocycles. The summed E-state index contributed by atoms with van der Waals surface area (Å²) in [6.07, 6.45) is 1.55. The lowest BCUT2D eigenvalue weighted by Gasteiger charge is -2.09. The summed E-state index contributed by atoms with van der Waals surface area (Å²) >= 11 is 12.0. The van der Waals surface area contributed by atoms with Gasteiger partial charge < -0.3 is 10.6 Å². The van der Waals surface area contributed by atoms with Crippen molar-refractivity contribution in [3.8, 4) is 0 Å². The van der Waals surface area contributed by atoms with Crippen LogP contribution in [0.3, 0.4) is 0 Å². The number of nitrogens with one attached hydrogen (secondary N) is 2. The van der Waals surface area contributed by atoms with Crippen molar-refractivity contribution in [1.82, 2.24) is 4.98 Å². The summed E-state index contributed by atoms with van der Waals surface area (Å²) < 4.78 is 0. The van der Waals surface area contributed by atoms with E-state index in [1.165, 1.54) is 0 Å². The van der Waals surface area contributed by atoms with Crippen molar-refractivity contribution in [3.63, 3.8) is 0 Å². The van der Waals surface area contributed by atoms with Crippen LogP contribution in [-0.2, 0) is 0 Å². The first-order chi connectivity index (χ1) is 9.11. The second kappa shape index (κ2) is 5.91. The highest BCUT2D eigenvalue weighted by atomic mass is 35.5. The quantitative estimate of drug-likeness (QED) is 0.908. The van der Waals surface area contributed by atoms with E-state index >= 15 is 0 Å². The highest BCUT2D eigenvalue weighted by Crippen LogP contribution is 2.30. The van der Waals surface area contributed by atoms with Gasteiger partial charge >= 0.3 is 0 Å². The molecular weight excluding hydrogens is 285 g/mol. The number of carbonyl (C=O) groups is 1. The number of halogens is 2. The standard InChI is InChI=1S/C13H11Cl2N3O/c1-16-11-7-8(5-6-17-11)13(19)18-12-9(14)3-2-4-10(12)15/h2-7H,1H3,(H,16,17)(H,18,19). The first-order valence-electron chi connectivity index (χ1n) is 5.51. The zero-order valence-corrected chi connectivity index (χ0v) is 11.6. The third-order valence-corrected chi connectivity index (χ3v) is 3.11. The zero-order valence-electron chi connectivity index (χ0n) is 10.1. The van der Waals surface area contributed by atoms with Gasteiger partial charge in [-0.15, -0.1) is 0 Å². The number of benzene rings is 1. The van der Waals surface area contributed by atoms with Gasteiger partial charge in [0.05, 0.1) is 15.7 Å². The summed E-state index contributed by atoms with van der Waals surface area (Å²) in [6.45, 7) is 0. The molecule has 0 saturated heterocycles. The molecule has 1 amide bonds. The lowest BCUT2D eigenvalue weighted by Crippen LogP contribution is -2.13. The number of anilines is 2. The van der Waals surface area contributed by atoms with Gasteiger partial charge in [-0.05, 0) is 24.3 Å². The van der Waals surface area contributed by atoms with Crippen LogP contribution in [-0.4, -0.2) is 17.9 Å². The van der Waals surface area contributed by atoms with Crippen LogP contribution in [0.5, 0.6) is 0 Å². The Morgan fingerprint density at radius 2 is 1.89 bits per heavy atom. The molecule has 0 aliphatic rings. The second-order valence-electron chi connectivity index (χ2n) is 3.73. The number of aromatic nitrogens is 1. The molecule has 1 heterocycles. The third kappa shape index (κ3) is 3.16. The van der Waals surface area contributed by atoms with Crippen LogP contribution in [0.2, 0.25) is 10.0 Å². The monoisotopic (exact) mass is 295 g/mol. The molecule has 98 valence electrons. The molecule has 4 nitrogen and oxygen atoms in total. The summed E-state index contributed by atoms with van der Waals surface area (Å²) in [5.41, 5.74) is 0.869. The zero-order chi connectivity index (χ0) is 13.8. The van der Waals surface area contributed by atoms with E-state index in [0.717, 1.165) is 0 Å². The third-order valence-electron chi connectivity index (χ3n) is 2.48. The van der Waals surface area contributed by atoms with Gasteiger partial charge in [-0.1, -0.05) is 29.3 Å². The van der Waals surface area contributed by atoms with Crippen molar-refractivity contribution in [2.24, 2.45) is 0 Å². The average Bonchev–Trinajstić information content (AvgIpc) is 2.43. The van der Waals surface area contributed by atoms with E-state index in [2.05, 4.69) is 15.6 Å². The van der Waals surface area contributed by atoms with Crippen LogP contribution in [0.4, 0.5) is 11.5 Å². The fourth-order valence-electron chi connectivity index (χ4n) is 1.51. The van der Waals surface area contributed by atoms with Crippen LogP contribution in [0.15, 0.2) is 36.5 Å². The molecule has 0 unspecified atom stereocenters. The smallest absolute Gasteiger partial charge is 0.255 e. The van der Waals surface area contributed by atoms with Crippen molar-refractivity contribution in [2.75, 3.05) is 17.7 Å². The predicted molar refractivity (Wildman–Crippen MR) is 78.2 cm³/mol. The van der Waals surface area contributed by atoms with Gasteiger partial charge in [-0.25, -0.2) is 4.98 Å². The van der Waals surface area contributed by atoms with Crippen LogP contribution in [0.1, 0.15) is 10.4 Å². The van der Waals surface area contributed by atoms with Crippen molar-refractivity contribution >= 4 is 40.6 Å². The van der Waals surface area contributed by atoms with E-state index in [4.69, 9.17) is 23.2 Å². The molecule has 2 rings (SSSR count). The molecule has 0 bridgehead atoms. The minimum Gasteiger partial charge on any atom is -0.373 e. The Morgan fingerprint density at radius 3 is 2.53 bits per heavy atom. The lowest BCUT2D eigenvalue weighted by atomic mass is 10.2. The van der Waals surface area contributed by atoms with Gasteiger partial charge in [0.25, 0.3) is 5.91 Å². The van der Waals surface area contributed by atoms with Crippen LogP contribution in [0, 0.1) is 0 Å². The Bertz CT molecular complexity index is 596. The summed E-state index contributed by atoms with van der Waals surface area (Å²) in [4.78, 5) is 16.1. The van der Waals surface area contributed by atoms with Gasteiger partial charge in [0.1, 0.15) is 5.82 Å². The number of hydrogen-bond acceptors (Lipinski definition) is 3. The highest BCUT2D eigenvalue weighted by molar-refractivity contribution is 6.40. The topological polar surface area (TPSA) is 54.0 Å². The van der Waals surface area contributed by atoms with E-state index in [0.29, 0.717) is 27.1 Å². The number of nitrogens with zero attached hydrogens (tertiary/aromatic N) is 1. The number of rotatable bonds is 3. The van der Waals surface area contributed by atoms with Crippen molar-refractivity contribution in [2.45, 2.75) is 0 Å². The maximum atomic E-state index is 12.1. The molecule has 19 heavy (non-hydrogen) atoms. The SMILES string of the molecule is CNc1cc(C(=O)Nc2c(Cl)cccc2Cl)ccn1. The van der Waals surface area contributed by atoms with E-state index in [9.17, 15) is 4.79 Å². The molecule has 1 aromatic carbocycles. The minimum absolute atomic E-state index is 0.297. The minimum atomic E-state index is -0.297. The summed E-state index contributed by atoms with van der Waals surface area (Å²) in [5.74, 6) is 0.312. The lowest BCUT2D eigenvalue weighted by molar-refractivity contribution is 0.102. The fraction of sp³-hybridized carbons (Fsp3) is 0.0769. The summed E-state index contributed by atoms with van der Waals surface area (Å²) in [7, 11) is 1.73. The Hall–Kier alpha value is -1.78. The molecule has 2 aromatic rings. The fourth-order valence-corrected chi connectivity index (χ4v) is 2.00. The maximum Gasteiger partial charge on any atom is 0.255 e. The number of amides is 1. The number of hydrogen-bond donors (Lipinski definition) is 2. The normalized spacial score (nSPS) is 10.1. The molecule has 0 spiro atoms. The van der Waals surface area contributed by atoms with Crippen molar-refractivity contribution < 1.29 is 4.79 Å². The maximum absolute atomic E-state index is 12.1. The van der Waals surface area contributed by atoms with Crippen LogP contribution >= 0.6 is 23.2 Å². The first kappa shape index (κ1) is 13.6. The first-order valence-corrected chi connectivity index (χ1v) is 6.26. The Kier molecular flexibility index (Phi) is 4.24. The number of para-hydroxylation sites is 1. The number of carbonyl (C=O) groups excluding carboxylic acids is 1. The average molecular weight is 296 g/mol. The predicted octanol–water partition coefficient (Wildman–Crippen LogP) is 3.68. The summed E-state index contributed by atoms with van der Waals surface area (Å²) in [5, 5.41) is 6.34. The molecule has 6 heteroatoms. The van der Waals surface area contributed by atoms with Crippen LogP contribution in [0.25, 0.3) is 0 Å². The Morgan fingerprint density at radius 1 is 1.21 bits per heavy atom. The molecule has 0 saturated carbocycles. The van der Waals surface area contributed by atoms with Gasteiger partial charge in [0.15, 0.2) is 0 Å². The van der Waals surface area contributed by atoms with Crippen molar-refractivity contribution in [3.05, 3.63) is 52.1 Å². The van der Waals surface area contributed by atoms with Gasteiger partial charge in [0, 0.05) is 18.8 Å². The van der Waals surface area contributed by atoms with Crippen molar-refractivity contribution in [1.29, 1.82) is 0 Å². The Balaban J connectivity index is 2.25.